The molecular weight excluding hydrogens is 376 g/mol. The minimum Gasteiger partial charge on any atom is -0.368 e. The van der Waals surface area contributed by atoms with Gasteiger partial charge in [-0.2, -0.15) is 0 Å². The quantitative estimate of drug-likeness (QED) is 0.858. The van der Waals surface area contributed by atoms with Gasteiger partial charge in [0.1, 0.15) is 17.4 Å². The first-order valence-electron chi connectivity index (χ1n) is 9.66. The molecule has 2 amide bonds. The van der Waals surface area contributed by atoms with E-state index < -0.39 is 35.2 Å². The Hall–Kier alpha value is -3.09. The zero-order valence-corrected chi connectivity index (χ0v) is 15.8. The van der Waals surface area contributed by atoms with Gasteiger partial charge in [0.15, 0.2) is 11.6 Å². The summed E-state index contributed by atoms with van der Waals surface area (Å²) in [6, 6.07) is 10.9. The molecule has 1 aliphatic carbocycles. The van der Waals surface area contributed by atoms with E-state index >= 15 is 0 Å². The maximum atomic E-state index is 13.9. The van der Waals surface area contributed by atoms with E-state index in [-0.39, 0.29) is 11.3 Å². The smallest absolute Gasteiger partial charge is 0.275 e. The van der Waals surface area contributed by atoms with Crippen molar-refractivity contribution in [3.63, 3.8) is 0 Å². The van der Waals surface area contributed by atoms with Crippen molar-refractivity contribution in [1.82, 2.24) is 4.90 Å². The predicted molar refractivity (Wildman–Crippen MR) is 104 cm³/mol. The molecule has 1 spiro atoms. The van der Waals surface area contributed by atoms with Crippen LogP contribution in [0.15, 0.2) is 53.5 Å². The molecule has 5 nitrogen and oxygen atoms in total. The number of halogens is 2. The van der Waals surface area contributed by atoms with E-state index in [1.807, 2.05) is 18.2 Å². The number of amides is 2. The van der Waals surface area contributed by atoms with Gasteiger partial charge in [0.2, 0.25) is 5.91 Å². The largest absolute Gasteiger partial charge is 0.368 e. The van der Waals surface area contributed by atoms with Gasteiger partial charge in [0, 0.05) is 5.56 Å². The van der Waals surface area contributed by atoms with Crippen molar-refractivity contribution >= 4 is 17.5 Å². The molecule has 1 aliphatic heterocycles. The molecule has 29 heavy (non-hydrogen) atoms. The third-order valence-corrected chi connectivity index (χ3v) is 5.68. The Morgan fingerprint density at radius 2 is 1.72 bits per heavy atom. The third kappa shape index (κ3) is 3.30. The lowest BCUT2D eigenvalue weighted by molar-refractivity contribution is -0.141. The van der Waals surface area contributed by atoms with Crippen LogP contribution in [0.4, 0.5) is 8.78 Å². The molecule has 1 heterocycles. The molecule has 2 N–H and O–H groups in total. The number of carbonyl (C=O) groups excluding carboxylic acids is 2. The van der Waals surface area contributed by atoms with E-state index in [0.29, 0.717) is 18.4 Å². The van der Waals surface area contributed by atoms with Crippen molar-refractivity contribution in [2.75, 3.05) is 0 Å². The number of nitrogens with two attached hydrogens (primary N) is 1. The monoisotopic (exact) mass is 397 g/mol. The van der Waals surface area contributed by atoms with Crippen LogP contribution in [0, 0.1) is 11.6 Å². The average Bonchev–Trinajstić information content (AvgIpc) is 2.98. The Bertz CT molecular complexity index is 985. The van der Waals surface area contributed by atoms with E-state index in [4.69, 9.17) is 10.7 Å². The molecular formula is C22H21F2N3O2. The van der Waals surface area contributed by atoms with Gasteiger partial charge in [-0.05, 0) is 43.4 Å². The molecule has 1 atom stereocenters. The Morgan fingerprint density at radius 3 is 2.34 bits per heavy atom. The fraction of sp³-hybridized carbons (Fsp3) is 0.318. The van der Waals surface area contributed by atoms with Crippen LogP contribution in [-0.2, 0) is 9.59 Å². The van der Waals surface area contributed by atoms with Crippen molar-refractivity contribution in [1.29, 1.82) is 0 Å². The maximum Gasteiger partial charge on any atom is 0.275 e. The van der Waals surface area contributed by atoms with Crippen LogP contribution in [0.25, 0.3) is 0 Å². The molecule has 1 saturated carbocycles. The van der Waals surface area contributed by atoms with Crippen LogP contribution in [0.2, 0.25) is 0 Å². The molecule has 0 bridgehead atoms. The van der Waals surface area contributed by atoms with Gasteiger partial charge in [-0.15, -0.1) is 0 Å². The predicted octanol–water partition coefficient (Wildman–Crippen LogP) is 3.48. The van der Waals surface area contributed by atoms with Gasteiger partial charge in [-0.3, -0.25) is 19.5 Å². The lowest BCUT2D eigenvalue weighted by atomic mass is 9.86. The van der Waals surface area contributed by atoms with E-state index in [0.717, 1.165) is 31.4 Å². The fourth-order valence-corrected chi connectivity index (χ4v) is 4.35. The normalized spacial score (nSPS) is 19.3. The summed E-state index contributed by atoms with van der Waals surface area (Å²) >= 11 is 0. The average molecular weight is 397 g/mol. The van der Waals surface area contributed by atoms with Crippen LogP contribution < -0.4 is 5.73 Å². The first-order valence-corrected chi connectivity index (χ1v) is 9.66. The molecule has 150 valence electrons. The SMILES string of the molecule is NC(=O)C(c1ccc(F)c(F)c1)N1C(=O)C(c2ccccc2)=NC12CCCCC2. The second-order valence-electron chi connectivity index (χ2n) is 7.52. The van der Waals surface area contributed by atoms with E-state index in [1.54, 1.807) is 12.1 Å². The van der Waals surface area contributed by atoms with Crippen molar-refractivity contribution in [2.24, 2.45) is 10.7 Å². The number of rotatable bonds is 4. The number of benzene rings is 2. The summed E-state index contributed by atoms with van der Waals surface area (Å²) < 4.78 is 27.4. The lowest BCUT2D eigenvalue weighted by Crippen LogP contribution is -2.53. The van der Waals surface area contributed by atoms with Gasteiger partial charge in [-0.1, -0.05) is 42.8 Å². The van der Waals surface area contributed by atoms with E-state index in [2.05, 4.69) is 0 Å². The molecule has 7 heteroatoms. The Balaban J connectivity index is 1.84. The van der Waals surface area contributed by atoms with Gasteiger partial charge in [0.05, 0.1) is 0 Å². The van der Waals surface area contributed by atoms with Gasteiger partial charge >= 0.3 is 0 Å². The minimum absolute atomic E-state index is 0.138. The van der Waals surface area contributed by atoms with Crippen LogP contribution >= 0.6 is 0 Å². The molecule has 1 unspecified atom stereocenters. The lowest BCUT2D eigenvalue weighted by Gasteiger charge is -2.42. The molecule has 1 fully saturated rings. The van der Waals surface area contributed by atoms with Gasteiger partial charge < -0.3 is 5.73 Å². The second kappa shape index (κ2) is 7.39. The van der Waals surface area contributed by atoms with Crippen LogP contribution in [0.5, 0.6) is 0 Å². The standard InChI is InChI=1S/C22H21F2N3O2/c23-16-10-9-15(13-17(16)24)19(20(25)28)27-21(29)18(14-7-3-1-4-8-14)26-22(27)11-5-2-6-12-22/h1,3-4,7-10,13,19H,2,5-6,11-12H2,(H2,25,28). The number of carbonyl (C=O) groups is 2. The van der Waals surface area contributed by atoms with E-state index in [9.17, 15) is 18.4 Å². The Kier molecular flexibility index (Phi) is 4.90. The summed E-state index contributed by atoms with van der Waals surface area (Å²) in [7, 11) is 0. The fourth-order valence-electron chi connectivity index (χ4n) is 4.35. The van der Waals surface area contributed by atoms with E-state index in [1.165, 1.54) is 11.0 Å². The first kappa shape index (κ1) is 19.2. The highest BCUT2D eigenvalue weighted by Gasteiger charge is 2.52. The highest BCUT2D eigenvalue weighted by Crippen LogP contribution is 2.44. The summed E-state index contributed by atoms with van der Waals surface area (Å²) in [6.07, 6.45) is 3.87. The number of primary amides is 1. The zero-order chi connectivity index (χ0) is 20.6. The number of aliphatic imine (C=N–C) groups is 1. The van der Waals surface area contributed by atoms with Crippen LogP contribution in [0.3, 0.4) is 0 Å². The molecule has 2 aromatic rings. The minimum atomic E-state index is -1.24. The van der Waals surface area contributed by atoms with Crippen molar-refractivity contribution in [3.05, 3.63) is 71.3 Å². The zero-order valence-electron chi connectivity index (χ0n) is 15.8. The number of hydrogen-bond donors (Lipinski definition) is 1. The van der Waals surface area contributed by atoms with Crippen LogP contribution in [0.1, 0.15) is 49.3 Å². The van der Waals surface area contributed by atoms with Crippen molar-refractivity contribution in [3.8, 4) is 0 Å². The molecule has 0 radical (unpaired) electrons. The van der Waals surface area contributed by atoms with Gasteiger partial charge in [0.25, 0.3) is 5.91 Å². The van der Waals surface area contributed by atoms with Crippen molar-refractivity contribution < 1.29 is 18.4 Å². The van der Waals surface area contributed by atoms with Gasteiger partial charge in [-0.25, -0.2) is 8.78 Å². The highest BCUT2D eigenvalue weighted by atomic mass is 19.2. The van der Waals surface area contributed by atoms with Crippen molar-refractivity contribution in [2.45, 2.75) is 43.8 Å². The number of hydrogen-bond acceptors (Lipinski definition) is 3. The number of nitrogens with zero attached hydrogens (tertiary/aromatic N) is 2. The molecule has 2 aliphatic rings. The Labute approximate surface area is 167 Å². The Morgan fingerprint density at radius 1 is 1.03 bits per heavy atom. The summed E-state index contributed by atoms with van der Waals surface area (Å²) in [5, 5.41) is 0. The summed E-state index contributed by atoms with van der Waals surface area (Å²) in [6.45, 7) is 0. The summed E-state index contributed by atoms with van der Waals surface area (Å²) in [4.78, 5) is 32.1. The second-order valence-corrected chi connectivity index (χ2v) is 7.52. The molecule has 4 rings (SSSR count). The molecule has 0 saturated heterocycles. The maximum absolute atomic E-state index is 13.9. The molecule has 2 aromatic carbocycles. The van der Waals surface area contributed by atoms with Crippen LogP contribution in [-0.4, -0.2) is 28.1 Å². The summed E-state index contributed by atoms with van der Waals surface area (Å²) in [5.41, 5.74) is 5.82. The highest BCUT2D eigenvalue weighted by molar-refractivity contribution is 6.47. The first-order chi connectivity index (χ1) is 13.9. The molecule has 0 aromatic heterocycles. The topological polar surface area (TPSA) is 75.8 Å². The third-order valence-electron chi connectivity index (χ3n) is 5.68. The summed E-state index contributed by atoms with van der Waals surface area (Å²) in [5.74, 6) is -3.36.